The number of hydrogen-bond acceptors (Lipinski definition) is 2. The van der Waals surface area contributed by atoms with E-state index in [1.54, 1.807) is 13.1 Å². The van der Waals surface area contributed by atoms with E-state index in [0.29, 0.717) is 17.0 Å². The van der Waals surface area contributed by atoms with Crippen molar-refractivity contribution in [2.24, 2.45) is 5.73 Å². The molecule has 0 unspecified atom stereocenters. The van der Waals surface area contributed by atoms with Gasteiger partial charge in [0.15, 0.2) is 0 Å². The summed E-state index contributed by atoms with van der Waals surface area (Å²) in [5.74, 6) is -0.609. The molecule has 0 aromatic heterocycles. The van der Waals surface area contributed by atoms with Gasteiger partial charge in [0.2, 0.25) is 5.91 Å². The zero-order chi connectivity index (χ0) is 13.7. The van der Waals surface area contributed by atoms with Crippen LogP contribution in [-0.4, -0.2) is 23.9 Å². The van der Waals surface area contributed by atoms with Crippen LogP contribution >= 0.6 is 11.6 Å². The largest absolute Gasteiger partial charge is 0.340 e. The second-order valence-corrected chi connectivity index (χ2v) is 4.70. The predicted octanol–water partition coefficient (Wildman–Crippen LogP) is 2.56. The molecule has 0 saturated heterocycles. The lowest BCUT2D eigenvalue weighted by atomic mass is 10.1. The van der Waals surface area contributed by atoms with Gasteiger partial charge in [-0.05, 0) is 18.6 Å². The standard InChI is InChI=1S/C13H18ClFN2O/c1-3-5-12(16)13(18)17(2)8-9-10(14)6-4-7-11(9)15/h4,6-7,12H,3,5,8,16H2,1-2H3/t12-/m1/s1. The van der Waals surface area contributed by atoms with Crippen LogP contribution in [-0.2, 0) is 11.3 Å². The van der Waals surface area contributed by atoms with E-state index in [0.717, 1.165) is 6.42 Å². The van der Waals surface area contributed by atoms with Crippen LogP contribution in [0.25, 0.3) is 0 Å². The molecule has 3 nitrogen and oxygen atoms in total. The van der Waals surface area contributed by atoms with Crippen molar-refractivity contribution in [3.63, 3.8) is 0 Å². The Hall–Kier alpha value is -1.13. The number of halogens is 2. The van der Waals surface area contributed by atoms with E-state index in [9.17, 15) is 9.18 Å². The van der Waals surface area contributed by atoms with Crippen molar-refractivity contribution in [2.45, 2.75) is 32.4 Å². The van der Waals surface area contributed by atoms with Gasteiger partial charge in [-0.25, -0.2) is 4.39 Å². The van der Waals surface area contributed by atoms with Gasteiger partial charge in [-0.1, -0.05) is 31.0 Å². The minimum absolute atomic E-state index is 0.127. The number of benzene rings is 1. The molecule has 0 bridgehead atoms. The Labute approximate surface area is 112 Å². The molecule has 1 aromatic rings. The molecule has 1 aromatic carbocycles. The molecule has 0 aliphatic rings. The lowest BCUT2D eigenvalue weighted by Gasteiger charge is -2.21. The van der Waals surface area contributed by atoms with Crippen LogP contribution in [0.3, 0.4) is 0 Å². The van der Waals surface area contributed by atoms with Gasteiger partial charge in [-0.15, -0.1) is 0 Å². The number of nitrogens with two attached hydrogens (primary N) is 1. The summed E-state index contributed by atoms with van der Waals surface area (Å²) in [4.78, 5) is 13.3. The van der Waals surface area contributed by atoms with Gasteiger partial charge in [0.25, 0.3) is 0 Å². The number of nitrogens with zero attached hydrogens (tertiary/aromatic N) is 1. The minimum Gasteiger partial charge on any atom is -0.340 e. The van der Waals surface area contributed by atoms with Crippen molar-refractivity contribution in [2.75, 3.05) is 7.05 Å². The molecule has 1 rings (SSSR count). The number of hydrogen-bond donors (Lipinski definition) is 1. The maximum absolute atomic E-state index is 13.6. The van der Waals surface area contributed by atoms with Crippen molar-refractivity contribution >= 4 is 17.5 Å². The van der Waals surface area contributed by atoms with Crippen LogP contribution < -0.4 is 5.73 Å². The third kappa shape index (κ3) is 3.68. The zero-order valence-corrected chi connectivity index (χ0v) is 11.4. The third-order valence-electron chi connectivity index (χ3n) is 2.75. The van der Waals surface area contributed by atoms with Gasteiger partial charge >= 0.3 is 0 Å². The number of carbonyl (C=O) groups excluding carboxylic acids is 1. The molecule has 0 heterocycles. The van der Waals surface area contributed by atoms with Gasteiger partial charge < -0.3 is 10.6 Å². The van der Waals surface area contributed by atoms with E-state index < -0.39 is 11.9 Å². The summed E-state index contributed by atoms with van der Waals surface area (Å²) in [5.41, 5.74) is 6.06. The highest BCUT2D eigenvalue weighted by atomic mass is 35.5. The van der Waals surface area contributed by atoms with Crippen LogP contribution in [0, 0.1) is 5.82 Å². The molecule has 0 radical (unpaired) electrons. The van der Waals surface area contributed by atoms with Gasteiger partial charge in [0, 0.05) is 24.2 Å². The molecule has 100 valence electrons. The normalized spacial score (nSPS) is 12.3. The number of amides is 1. The Balaban J connectivity index is 2.75. The fraction of sp³-hybridized carbons (Fsp3) is 0.462. The van der Waals surface area contributed by atoms with Crippen molar-refractivity contribution in [3.05, 3.63) is 34.6 Å². The first-order chi connectivity index (χ1) is 8.47. The van der Waals surface area contributed by atoms with E-state index in [1.807, 2.05) is 6.92 Å². The van der Waals surface area contributed by atoms with Crippen LogP contribution in [0.2, 0.25) is 5.02 Å². The van der Waals surface area contributed by atoms with E-state index in [1.165, 1.54) is 17.0 Å². The first-order valence-corrected chi connectivity index (χ1v) is 6.28. The molecule has 0 aliphatic heterocycles. The van der Waals surface area contributed by atoms with Crippen molar-refractivity contribution in [1.29, 1.82) is 0 Å². The molecule has 0 aliphatic carbocycles. The molecule has 2 N–H and O–H groups in total. The maximum Gasteiger partial charge on any atom is 0.239 e. The Kier molecular flexibility index (Phi) is 5.56. The number of rotatable bonds is 5. The van der Waals surface area contributed by atoms with Crippen LogP contribution in [0.4, 0.5) is 4.39 Å². The topological polar surface area (TPSA) is 46.3 Å². The van der Waals surface area contributed by atoms with Crippen LogP contribution in [0.1, 0.15) is 25.3 Å². The van der Waals surface area contributed by atoms with Crippen LogP contribution in [0.15, 0.2) is 18.2 Å². The van der Waals surface area contributed by atoms with E-state index >= 15 is 0 Å². The quantitative estimate of drug-likeness (QED) is 0.895. The average Bonchev–Trinajstić information content (AvgIpc) is 2.33. The molecule has 18 heavy (non-hydrogen) atoms. The summed E-state index contributed by atoms with van der Waals surface area (Å²) in [7, 11) is 1.60. The highest BCUT2D eigenvalue weighted by Gasteiger charge is 2.19. The molecule has 1 amide bonds. The highest BCUT2D eigenvalue weighted by Crippen LogP contribution is 2.20. The smallest absolute Gasteiger partial charge is 0.239 e. The Morgan fingerprint density at radius 1 is 1.56 bits per heavy atom. The fourth-order valence-corrected chi connectivity index (χ4v) is 1.94. The van der Waals surface area contributed by atoms with Crippen molar-refractivity contribution in [3.8, 4) is 0 Å². The molecule has 1 atom stereocenters. The van der Waals surface area contributed by atoms with E-state index in [2.05, 4.69) is 0 Å². The summed E-state index contributed by atoms with van der Waals surface area (Å²) in [6.07, 6.45) is 1.45. The first kappa shape index (κ1) is 14.9. The highest BCUT2D eigenvalue weighted by molar-refractivity contribution is 6.31. The Bertz CT molecular complexity index is 405. The summed E-state index contributed by atoms with van der Waals surface area (Å²) < 4.78 is 13.6. The Morgan fingerprint density at radius 2 is 2.22 bits per heavy atom. The molecule has 0 fully saturated rings. The van der Waals surface area contributed by atoms with Crippen molar-refractivity contribution < 1.29 is 9.18 Å². The fourth-order valence-electron chi connectivity index (χ4n) is 1.72. The van der Waals surface area contributed by atoms with Crippen LogP contribution in [0.5, 0.6) is 0 Å². The predicted molar refractivity (Wildman–Crippen MR) is 70.8 cm³/mol. The molecular weight excluding hydrogens is 255 g/mol. The van der Waals surface area contributed by atoms with Gasteiger partial charge in [0.05, 0.1) is 6.04 Å². The monoisotopic (exact) mass is 272 g/mol. The van der Waals surface area contributed by atoms with E-state index in [4.69, 9.17) is 17.3 Å². The summed E-state index contributed by atoms with van der Waals surface area (Å²) in [5, 5.41) is 0.318. The molecule has 0 spiro atoms. The lowest BCUT2D eigenvalue weighted by molar-refractivity contribution is -0.132. The number of likely N-dealkylation sites (N-methyl/N-ethyl adjacent to an activating group) is 1. The van der Waals surface area contributed by atoms with Gasteiger partial charge in [-0.3, -0.25) is 4.79 Å². The Morgan fingerprint density at radius 3 is 2.78 bits per heavy atom. The number of carbonyl (C=O) groups is 1. The molecule has 0 saturated carbocycles. The molecular formula is C13H18ClFN2O. The second-order valence-electron chi connectivity index (χ2n) is 4.29. The maximum atomic E-state index is 13.6. The lowest BCUT2D eigenvalue weighted by Crippen LogP contribution is -2.41. The minimum atomic E-state index is -0.537. The van der Waals surface area contributed by atoms with Crippen molar-refractivity contribution in [1.82, 2.24) is 4.90 Å². The summed E-state index contributed by atoms with van der Waals surface area (Å²) in [6, 6.07) is 3.92. The zero-order valence-electron chi connectivity index (χ0n) is 10.6. The van der Waals surface area contributed by atoms with Gasteiger partial charge in [-0.2, -0.15) is 0 Å². The third-order valence-corrected chi connectivity index (χ3v) is 3.10. The summed E-state index contributed by atoms with van der Waals surface area (Å²) >= 11 is 5.91. The second kappa shape index (κ2) is 6.71. The van der Waals surface area contributed by atoms with E-state index in [-0.39, 0.29) is 12.5 Å². The first-order valence-electron chi connectivity index (χ1n) is 5.90. The van der Waals surface area contributed by atoms with Gasteiger partial charge in [0.1, 0.15) is 5.82 Å². The molecule has 5 heteroatoms. The summed E-state index contributed by atoms with van der Waals surface area (Å²) in [6.45, 7) is 2.09. The average molecular weight is 273 g/mol. The SMILES string of the molecule is CCC[C@@H](N)C(=O)N(C)Cc1c(F)cccc1Cl.